The minimum absolute atomic E-state index is 0.179. The highest BCUT2D eigenvalue weighted by Gasteiger charge is 2.06. The monoisotopic (exact) mass is 223 g/mol. The Bertz CT molecular complexity index is 226. The van der Waals surface area contributed by atoms with E-state index >= 15 is 0 Å². The van der Waals surface area contributed by atoms with Crippen molar-refractivity contribution in [2.45, 2.75) is 26.4 Å². The zero-order valence-electron chi connectivity index (χ0n) is 9.25. The lowest BCUT2D eigenvalue weighted by Crippen LogP contribution is -2.27. The zero-order chi connectivity index (χ0) is 11.0. The van der Waals surface area contributed by atoms with E-state index in [1.54, 1.807) is 14.0 Å². The molecular weight excluding hydrogens is 202 g/mol. The van der Waals surface area contributed by atoms with Gasteiger partial charge in [0.05, 0.1) is 11.9 Å². The summed E-state index contributed by atoms with van der Waals surface area (Å²) in [6.07, 6.45) is 0.852. The number of sulfone groups is 1. The molecule has 0 saturated heterocycles. The molecule has 0 amide bonds. The Hall–Kier alpha value is -0.130. The van der Waals surface area contributed by atoms with Crippen LogP contribution in [0.3, 0.4) is 0 Å². The maximum atomic E-state index is 11.1. The Morgan fingerprint density at radius 3 is 2.57 bits per heavy atom. The minimum atomic E-state index is -2.80. The van der Waals surface area contributed by atoms with Gasteiger partial charge in [0.15, 0.2) is 0 Å². The predicted molar refractivity (Wildman–Crippen MR) is 58.3 cm³/mol. The fraction of sp³-hybridized carbons (Fsp3) is 1.00. The van der Waals surface area contributed by atoms with Gasteiger partial charge < -0.3 is 10.1 Å². The number of nitrogens with one attached hydrogen (secondary N) is 1. The average molecular weight is 223 g/mol. The highest BCUT2D eigenvalue weighted by atomic mass is 32.2. The van der Waals surface area contributed by atoms with Gasteiger partial charge in [-0.25, -0.2) is 8.42 Å². The van der Waals surface area contributed by atoms with Crippen LogP contribution < -0.4 is 5.32 Å². The summed E-state index contributed by atoms with van der Waals surface area (Å²) in [5.41, 5.74) is 0. The molecule has 0 saturated carbocycles. The first kappa shape index (κ1) is 13.9. The number of hydrogen-bond acceptors (Lipinski definition) is 4. The SMILES string of the molecule is CCS(=O)(=O)CCCNCC(C)OC. The molecule has 0 radical (unpaired) electrons. The van der Waals surface area contributed by atoms with Gasteiger partial charge in [-0.1, -0.05) is 6.92 Å². The van der Waals surface area contributed by atoms with E-state index in [1.165, 1.54) is 0 Å². The zero-order valence-corrected chi connectivity index (χ0v) is 10.1. The van der Waals surface area contributed by atoms with Gasteiger partial charge in [0.2, 0.25) is 0 Å². The molecule has 0 aliphatic rings. The molecular formula is C9H21NO3S. The quantitative estimate of drug-likeness (QED) is 0.607. The van der Waals surface area contributed by atoms with Gasteiger partial charge in [-0.2, -0.15) is 0 Å². The summed E-state index contributed by atoms with van der Waals surface area (Å²) in [5.74, 6) is 0.513. The molecule has 1 unspecified atom stereocenters. The van der Waals surface area contributed by atoms with Crippen LogP contribution >= 0.6 is 0 Å². The Balaban J connectivity index is 3.39. The van der Waals surface area contributed by atoms with E-state index in [1.807, 2.05) is 6.92 Å². The summed E-state index contributed by atoms with van der Waals surface area (Å²) >= 11 is 0. The molecule has 5 heteroatoms. The van der Waals surface area contributed by atoms with Crippen molar-refractivity contribution < 1.29 is 13.2 Å². The number of hydrogen-bond donors (Lipinski definition) is 1. The van der Waals surface area contributed by atoms with Crippen molar-refractivity contribution in [1.82, 2.24) is 5.32 Å². The lowest BCUT2D eigenvalue weighted by Gasteiger charge is -2.10. The molecule has 14 heavy (non-hydrogen) atoms. The van der Waals surface area contributed by atoms with Crippen LogP contribution in [-0.4, -0.2) is 46.2 Å². The van der Waals surface area contributed by atoms with Crippen LogP contribution in [0.5, 0.6) is 0 Å². The van der Waals surface area contributed by atoms with Gasteiger partial charge in [-0.05, 0) is 19.9 Å². The van der Waals surface area contributed by atoms with Crippen molar-refractivity contribution >= 4 is 9.84 Å². The maximum Gasteiger partial charge on any atom is 0.150 e. The van der Waals surface area contributed by atoms with Gasteiger partial charge in [-0.15, -0.1) is 0 Å². The van der Waals surface area contributed by atoms with E-state index in [4.69, 9.17) is 4.74 Å². The third-order valence-electron chi connectivity index (χ3n) is 2.08. The molecule has 0 aliphatic heterocycles. The Kier molecular flexibility index (Phi) is 7.13. The van der Waals surface area contributed by atoms with Crippen LogP contribution in [0, 0.1) is 0 Å². The fourth-order valence-corrected chi connectivity index (χ4v) is 1.82. The van der Waals surface area contributed by atoms with Crippen LogP contribution in [0.1, 0.15) is 20.3 Å². The van der Waals surface area contributed by atoms with Crippen LogP contribution in [0.4, 0.5) is 0 Å². The van der Waals surface area contributed by atoms with Gasteiger partial charge in [0, 0.05) is 19.4 Å². The molecule has 0 aromatic rings. The van der Waals surface area contributed by atoms with E-state index in [2.05, 4.69) is 5.32 Å². The second-order valence-corrected chi connectivity index (χ2v) is 5.81. The number of rotatable bonds is 8. The molecule has 86 valence electrons. The maximum absolute atomic E-state index is 11.1. The Morgan fingerprint density at radius 2 is 2.07 bits per heavy atom. The lowest BCUT2D eigenvalue weighted by molar-refractivity contribution is 0.117. The van der Waals surface area contributed by atoms with E-state index in [9.17, 15) is 8.42 Å². The molecule has 0 rings (SSSR count). The van der Waals surface area contributed by atoms with Crippen LogP contribution in [0.15, 0.2) is 0 Å². The molecule has 1 atom stereocenters. The molecule has 1 N–H and O–H groups in total. The molecule has 0 aliphatic carbocycles. The van der Waals surface area contributed by atoms with E-state index < -0.39 is 9.84 Å². The van der Waals surface area contributed by atoms with Crippen molar-refractivity contribution in [2.75, 3.05) is 31.7 Å². The molecule has 0 bridgehead atoms. The van der Waals surface area contributed by atoms with Gasteiger partial charge in [0.1, 0.15) is 9.84 Å². The predicted octanol–water partition coefficient (Wildman–Crippen LogP) is 0.436. The smallest absolute Gasteiger partial charge is 0.150 e. The highest BCUT2D eigenvalue weighted by molar-refractivity contribution is 7.91. The molecule has 0 spiro atoms. The van der Waals surface area contributed by atoms with E-state index in [-0.39, 0.29) is 17.6 Å². The number of ether oxygens (including phenoxy) is 1. The summed E-state index contributed by atoms with van der Waals surface area (Å²) in [6.45, 7) is 5.14. The first-order valence-corrected chi connectivity index (χ1v) is 6.78. The molecule has 0 aromatic heterocycles. The van der Waals surface area contributed by atoms with Gasteiger partial charge >= 0.3 is 0 Å². The van der Waals surface area contributed by atoms with Crippen molar-refractivity contribution in [1.29, 1.82) is 0 Å². The largest absolute Gasteiger partial charge is 0.380 e. The summed E-state index contributed by atoms with van der Waals surface area (Å²) in [7, 11) is -1.14. The first-order chi connectivity index (χ1) is 6.52. The fourth-order valence-electron chi connectivity index (χ4n) is 0.950. The molecule has 4 nitrogen and oxygen atoms in total. The van der Waals surface area contributed by atoms with Gasteiger partial charge in [0.25, 0.3) is 0 Å². The second kappa shape index (κ2) is 7.20. The Morgan fingerprint density at radius 1 is 1.43 bits per heavy atom. The molecule has 0 heterocycles. The second-order valence-electron chi connectivity index (χ2n) is 3.34. The van der Waals surface area contributed by atoms with Crippen molar-refractivity contribution in [3.05, 3.63) is 0 Å². The van der Waals surface area contributed by atoms with Crippen LogP contribution in [0.25, 0.3) is 0 Å². The van der Waals surface area contributed by atoms with Crippen molar-refractivity contribution in [3.8, 4) is 0 Å². The summed E-state index contributed by atoms with van der Waals surface area (Å²) in [5, 5.41) is 3.14. The first-order valence-electron chi connectivity index (χ1n) is 4.95. The van der Waals surface area contributed by atoms with Crippen molar-refractivity contribution in [2.24, 2.45) is 0 Å². The minimum Gasteiger partial charge on any atom is -0.380 e. The topological polar surface area (TPSA) is 55.4 Å². The van der Waals surface area contributed by atoms with E-state index in [0.29, 0.717) is 6.42 Å². The third kappa shape index (κ3) is 7.29. The lowest BCUT2D eigenvalue weighted by atomic mass is 10.4. The third-order valence-corrected chi connectivity index (χ3v) is 3.87. The van der Waals surface area contributed by atoms with Crippen molar-refractivity contribution in [3.63, 3.8) is 0 Å². The molecule has 0 fully saturated rings. The molecule has 0 aromatic carbocycles. The summed E-state index contributed by atoms with van der Waals surface area (Å²) in [6, 6.07) is 0. The normalized spacial score (nSPS) is 14.2. The number of methoxy groups -OCH3 is 1. The Labute approximate surface area is 86.9 Å². The highest BCUT2D eigenvalue weighted by Crippen LogP contribution is 1.92. The van der Waals surface area contributed by atoms with Crippen LogP contribution in [0.2, 0.25) is 0 Å². The van der Waals surface area contributed by atoms with E-state index in [0.717, 1.165) is 13.1 Å². The average Bonchev–Trinajstić information content (AvgIpc) is 2.17. The summed E-state index contributed by atoms with van der Waals surface area (Å²) in [4.78, 5) is 0. The standard InChI is InChI=1S/C9H21NO3S/c1-4-14(11,12)7-5-6-10-8-9(2)13-3/h9-10H,4-8H2,1-3H3. The van der Waals surface area contributed by atoms with Gasteiger partial charge in [-0.3, -0.25) is 0 Å². The van der Waals surface area contributed by atoms with Crippen LogP contribution in [-0.2, 0) is 14.6 Å². The summed E-state index contributed by atoms with van der Waals surface area (Å²) < 4.78 is 27.2.